The number of nitrogens with one attached hydrogen (secondary N) is 1. The third kappa shape index (κ3) is 3.47. The largest absolute Gasteiger partial charge is 0.346 e. The second-order valence-corrected chi connectivity index (χ2v) is 12.6. The van der Waals surface area contributed by atoms with E-state index in [9.17, 15) is 29.3 Å². The molecule has 2 aliphatic heterocycles. The number of fused-ring (bicyclic) bond motifs is 7. The number of allylic oxidation sites excluding steroid dienone is 2. The maximum absolute atomic E-state index is 13.5. The zero-order valence-corrected chi connectivity index (χ0v) is 23.8. The topological polar surface area (TPSA) is 139 Å². The molecule has 2 heterocycles. The zero-order chi connectivity index (χ0) is 29.6. The Morgan fingerprint density at radius 1 is 1.02 bits per heavy atom. The van der Waals surface area contributed by atoms with Crippen molar-refractivity contribution in [1.29, 1.82) is 0 Å². The number of urea groups is 1. The van der Waals surface area contributed by atoms with E-state index >= 15 is 0 Å². The molecule has 0 radical (unpaired) electrons. The van der Waals surface area contributed by atoms with Crippen LogP contribution in [0.25, 0.3) is 0 Å². The average Bonchev–Trinajstić information content (AvgIpc) is 3.68. The van der Waals surface area contributed by atoms with Gasteiger partial charge in [-0.25, -0.2) is 4.79 Å². The Morgan fingerprint density at radius 3 is 2.17 bits per heavy atom. The molecule has 1 aromatic carbocycles. The van der Waals surface area contributed by atoms with Gasteiger partial charge in [0.05, 0.1) is 28.8 Å². The molecular formula is C30H34N4O7. The second kappa shape index (κ2) is 8.82. The number of Topliss-reactive ketones (excluding diaryl/α,β-unsaturated/α-hetero) is 1. The molecule has 216 valence electrons. The van der Waals surface area contributed by atoms with Gasteiger partial charge in [0.2, 0.25) is 11.8 Å². The van der Waals surface area contributed by atoms with Crippen LogP contribution in [0.4, 0.5) is 16.2 Å². The van der Waals surface area contributed by atoms with Crippen LogP contribution in [-0.2, 0) is 19.2 Å². The lowest BCUT2D eigenvalue weighted by Crippen LogP contribution is -2.54. The predicted octanol–water partition coefficient (Wildman–Crippen LogP) is 4.40. The van der Waals surface area contributed by atoms with E-state index in [0.29, 0.717) is 12.1 Å². The van der Waals surface area contributed by atoms with Crippen molar-refractivity contribution in [2.75, 3.05) is 11.9 Å². The van der Waals surface area contributed by atoms with E-state index in [0.717, 1.165) is 22.5 Å². The van der Waals surface area contributed by atoms with Crippen molar-refractivity contribution in [2.45, 2.75) is 65.0 Å². The summed E-state index contributed by atoms with van der Waals surface area (Å²) >= 11 is 0. The molecule has 7 unspecified atom stereocenters. The van der Waals surface area contributed by atoms with E-state index in [1.807, 2.05) is 46.8 Å². The summed E-state index contributed by atoms with van der Waals surface area (Å²) in [5.74, 6) is -1.17. The number of nitro groups is 1. The summed E-state index contributed by atoms with van der Waals surface area (Å²) in [6.45, 7) is 9.52. The highest BCUT2D eigenvalue weighted by Crippen LogP contribution is 2.67. The average molecular weight is 563 g/mol. The number of anilines is 1. The molecule has 6 rings (SSSR count). The van der Waals surface area contributed by atoms with Crippen LogP contribution in [0.3, 0.4) is 0 Å². The molecule has 4 amide bonds. The molecular weight excluding hydrogens is 528 g/mol. The van der Waals surface area contributed by atoms with Crippen LogP contribution in [0.2, 0.25) is 0 Å². The summed E-state index contributed by atoms with van der Waals surface area (Å²) in [6, 6.07) is 5.00. The maximum atomic E-state index is 13.5. The van der Waals surface area contributed by atoms with Crippen molar-refractivity contribution in [3.63, 3.8) is 0 Å². The van der Waals surface area contributed by atoms with Gasteiger partial charge in [0.25, 0.3) is 5.69 Å². The van der Waals surface area contributed by atoms with Gasteiger partial charge in [-0.3, -0.25) is 34.2 Å². The van der Waals surface area contributed by atoms with Crippen molar-refractivity contribution in [2.24, 2.45) is 29.1 Å². The first-order valence-corrected chi connectivity index (χ1v) is 14.0. The van der Waals surface area contributed by atoms with Crippen molar-refractivity contribution in [1.82, 2.24) is 9.96 Å². The molecule has 7 atom stereocenters. The van der Waals surface area contributed by atoms with E-state index in [-0.39, 0.29) is 59.9 Å². The van der Waals surface area contributed by atoms with Crippen LogP contribution in [-0.4, -0.2) is 56.2 Å². The van der Waals surface area contributed by atoms with E-state index < -0.39 is 27.5 Å². The highest BCUT2D eigenvalue weighted by Gasteiger charge is 2.74. The van der Waals surface area contributed by atoms with Crippen LogP contribution in [0.15, 0.2) is 47.6 Å². The molecule has 4 bridgehead atoms. The van der Waals surface area contributed by atoms with Gasteiger partial charge >= 0.3 is 6.03 Å². The quantitative estimate of drug-likeness (QED) is 0.225. The number of carbonyl (C=O) groups excluding carboxylic acids is 4. The first-order valence-electron chi connectivity index (χ1n) is 14.0. The molecule has 0 spiro atoms. The number of hydrogen-bond acceptors (Lipinski definition) is 7. The molecule has 0 aromatic heterocycles. The van der Waals surface area contributed by atoms with Gasteiger partial charge in [0, 0.05) is 29.7 Å². The number of hydrogen-bond donors (Lipinski definition) is 1. The van der Waals surface area contributed by atoms with Gasteiger partial charge in [-0.05, 0) is 75.7 Å². The number of rotatable bonds is 7. The number of likely N-dealkylation sites (tertiary alicyclic amines) is 1. The van der Waals surface area contributed by atoms with Gasteiger partial charge in [-0.1, -0.05) is 19.1 Å². The summed E-state index contributed by atoms with van der Waals surface area (Å²) in [4.78, 5) is 70.9. The lowest BCUT2D eigenvalue weighted by Gasteiger charge is -2.42. The summed E-state index contributed by atoms with van der Waals surface area (Å²) in [5.41, 5.74) is -0.261. The monoisotopic (exact) mass is 562 g/mol. The third-order valence-corrected chi connectivity index (χ3v) is 11.1. The summed E-state index contributed by atoms with van der Waals surface area (Å²) < 4.78 is 0. The van der Waals surface area contributed by atoms with E-state index in [1.165, 1.54) is 29.3 Å². The molecule has 1 saturated carbocycles. The molecule has 11 nitrogen and oxygen atoms in total. The summed E-state index contributed by atoms with van der Waals surface area (Å²) in [7, 11) is 0. The fraction of sp³-hybridized carbons (Fsp3) is 0.533. The van der Waals surface area contributed by atoms with Crippen molar-refractivity contribution in [3.05, 3.63) is 57.7 Å². The number of non-ortho nitro benzene ring substituents is 1. The Balaban J connectivity index is 1.17. The van der Waals surface area contributed by atoms with Gasteiger partial charge in [0.1, 0.15) is 5.60 Å². The van der Waals surface area contributed by atoms with Crippen LogP contribution >= 0.6 is 0 Å². The summed E-state index contributed by atoms with van der Waals surface area (Å²) in [5, 5.41) is 15.1. The Hall–Kier alpha value is -3.86. The molecule has 11 heteroatoms. The van der Waals surface area contributed by atoms with E-state index in [1.54, 1.807) is 0 Å². The van der Waals surface area contributed by atoms with Crippen LogP contribution in [0.5, 0.6) is 0 Å². The number of imide groups is 1. The highest BCUT2D eigenvalue weighted by atomic mass is 16.7. The Labute approximate surface area is 237 Å². The Kier molecular flexibility index (Phi) is 5.88. The van der Waals surface area contributed by atoms with Gasteiger partial charge in [-0.2, -0.15) is 5.06 Å². The number of amides is 4. The SMILES string of the molecule is CC1=C(C)C2(C)N(C(=O)Nc3ccc([N+](=O)[O-])cc3)OC1(C)C2(C)CCC(=O)CN1C(=O)C2C3C=CC(C3)C2C1=O. The van der Waals surface area contributed by atoms with Crippen LogP contribution in [0, 0.1) is 39.2 Å². The van der Waals surface area contributed by atoms with Gasteiger partial charge in [0.15, 0.2) is 5.78 Å². The van der Waals surface area contributed by atoms with Crippen molar-refractivity contribution >= 4 is 35.0 Å². The number of nitro benzene ring substituents is 1. The van der Waals surface area contributed by atoms with Crippen LogP contribution < -0.4 is 5.32 Å². The molecule has 41 heavy (non-hydrogen) atoms. The van der Waals surface area contributed by atoms with Crippen molar-refractivity contribution in [3.8, 4) is 0 Å². The lowest BCUT2D eigenvalue weighted by atomic mass is 9.63. The van der Waals surface area contributed by atoms with Gasteiger partial charge < -0.3 is 5.32 Å². The standard InChI is InChI=1S/C30H34N4O7/c1-16-17(2)30(5)28(3,29(16,4)33(41-30)27(38)31-20-8-10-21(11-9-20)34(39)40)13-12-22(35)15-32-25(36)23-18-6-7-19(14-18)24(23)26(32)37/h6-11,18-19,23-24H,12-15H2,1-5H3,(H,31,38). The Bertz CT molecular complexity index is 1440. The third-order valence-electron chi connectivity index (χ3n) is 11.1. The fourth-order valence-corrected chi connectivity index (χ4v) is 8.17. The predicted molar refractivity (Wildman–Crippen MR) is 147 cm³/mol. The summed E-state index contributed by atoms with van der Waals surface area (Å²) in [6.07, 6.45) is 5.37. The number of carbonyl (C=O) groups is 4. The normalized spacial score (nSPS) is 36.5. The number of nitrogens with zero attached hydrogens (tertiary/aromatic N) is 3. The molecule has 1 N–H and O–H groups in total. The van der Waals surface area contributed by atoms with Crippen molar-refractivity contribution < 1.29 is 28.9 Å². The molecule has 5 aliphatic rings. The van der Waals surface area contributed by atoms with Gasteiger partial charge in [-0.15, -0.1) is 0 Å². The molecule has 3 fully saturated rings. The first-order chi connectivity index (χ1) is 19.2. The second-order valence-electron chi connectivity index (χ2n) is 12.6. The fourth-order valence-electron chi connectivity index (χ4n) is 8.17. The minimum absolute atomic E-state index is 0.0878. The maximum Gasteiger partial charge on any atom is 0.346 e. The molecule has 2 saturated heterocycles. The number of benzene rings is 1. The highest BCUT2D eigenvalue weighted by molar-refractivity contribution is 6.08. The minimum atomic E-state index is -0.905. The van der Waals surface area contributed by atoms with E-state index in [2.05, 4.69) is 5.32 Å². The smallest absolute Gasteiger partial charge is 0.306 e. The zero-order valence-electron chi connectivity index (χ0n) is 23.8. The Morgan fingerprint density at radius 2 is 1.61 bits per heavy atom. The first kappa shape index (κ1) is 27.3. The lowest BCUT2D eigenvalue weighted by molar-refractivity contribution is -0.384. The minimum Gasteiger partial charge on any atom is -0.306 e. The number of hydroxylamine groups is 2. The van der Waals surface area contributed by atoms with E-state index in [4.69, 9.17) is 4.84 Å². The van der Waals surface area contributed by atoms with Crippen LogP contribution in [0.1, 0.15) is 53.9 Å². The number of ketones is 1. The molecule has 3 aliphatic carbocycles. The molecule has 1 aromatic rings.